The molecule has 0 aliphatic heterocycles. The first-order chi connectivity index (χ1) is 10.7. The van der Waals surface area contributed by atoms with Gasteiger partial charge >= 0.3 is 0 Å². The number of pyridine rings is 2. The zero-order valence-electron chi connectivity index (χ0n) is 11.8. The number of nitrogens with one attached hydrogen (secondary N) is 2. The van der Waals surface area contributed by atoms with Crippen LogP contribution in [0.1, 0.15) is 0 Å². The van der Waals surface area contributed by atoms with E-state index in [0.717, 1.165) is 10.8 Å². The second kappa shape index (κ2) is 4.46. The third-order valence-electron chi connectivity index (χ3n) is 3.89. The van der Waals surface area contributed by atoms with Crippen molar-refractivity contribution >= 4 is 32.6 Å². The summed E-state index contributed by atoms with van der Waals surface area (Å²) in [4.78, 5) is 30.1. The Morgan fingerprint density at radius 1 is 0.818 bits per heavy atom. The summed E-state index contributed by atoms with van der Waals surface area (Å²) in [7, 11) is 1.58. The Morgan fingerprint density at radius 2 is 1.50 bits per heavy atom. The standard InChI is InChI=1S/C17H12N2O3/c1-22-9-6-7-13-11(8-9)14-10-4-2-3-5-12(10)18-16(20)15(14)17(21)19-13/h2-8H,1H3,(H,18,20)(H,19,21). The minimum absolute atomic E-state index is 0.138. The van der Waals surface area contributed by atoms with Gasteiger partial charge in [0.25, 0.3) is 11.1 Å². The van der Waals surface area contributed by atoms with Gasteiger partial charge in [0, 0.05) is 27.2 Å². The fourth-order valence-corrected chi connectivity index (χ4v) is 2.89. The minimum atomic E-state index is -0.389. The first kappa shape index (κ1) is 12.6. The molecule has 0 unspecified atom stereocenters. The largest absolute Gasteiger partial charge is 0.497 e. The molecule has 2 aromatic heterocycles. The number of fused-ring (bicyclic) bond motifs is 5. The van der Waals surface area contributed by atoms with E-state index in [1.165, 1.54) is 0 Å². The van der Waals surface area contributed by atoms with Crippen molar-refractivity contribution in [1.82, 2.24) is 9.97 Å². The molecular weight excluding hydrogens is 280 g/mol. The summed E-state index contributed by atoms with van der Waals surface area (Å²) in [6.07, 6.45) is 0. The number of hydrogen-bond donors (Lipinski definition) is 2. The van der Waals surface area contributed by atoms with Gasteiger partial charge in [0.1, 0.15) is 11.1 Å². The van der Waals surface area contributed by atoms with Crippen LogP contribution in [-0.2, 0) is 0 Å². The highest BCUT2D eigenvalue weighted by Gasteiger charge is 2.13. The van der Waals surface area contributed by atoms with Gasteiger partial charge in [0.15, 0.2) is 0 Å². The molecule has 0 radical (unpaired) electrons. The van der Waals surface area contributed by atoms with Crippen LogP contribution in [0.5, 0.6) is 5.75 Å². The quantitative estimate of drug-likeness (QED) is 0.529. The van der Waals surface area contributed by atoms with Crippen LogP contribution < -0.4 is 15.9 Å². The lowest BCUT2D eigenvalue weighted by Gasteiger charge is -2.08. The van der Waals surface area contributed by atoms with E-state index >= 15 is 0 Å². The van der Waals surface area contributed by atoms with Crippen LogP contribution in [0.2, 0.25) is 0 Å². The molecule has 5 heteroatoms. The van der Waals surface area contributed by atoms with Crippen molar-refractivity contribution in [3.05, 3.63) is 63.2 Å². The fourth-order valence-electron chi connectivity index (χ4n) is 2.89. The summed E-state index contributed by atoms with van der Waals surface area (Å²) in [6.45, 7) is 0. The molecule has 0 aliphatic rings. The summed E-state index contributed by atoms with van der Waals surface area (Å²) in [6, 6.07) is 12.8. The van der Waals surface area contributed by atoms with Gasteiger partial charge in [-0.3, -0.25) is 9.59 Å². The molecule has 0 amide bonds. The third kappa shape index (κ3) is 1.65. The van der Waals surface area contributed by atoms with Crippen LogP contribution in [0.15, 0.2) is 52.1 Å². The maximum atomic E-state index is 12.3. The topological polar surface area (TPSA) is 75.0 Å². The average Bonchev–Trinajstić information content (AvgIpc) is 2.54. The molecule has 4 rings (SSSR count). The van der Waals surface area contributed by atoms with Crippen LogP contribution in [0, 0.1) is 0 Å². The average molecular weight is 292 g/mol. The van der Waals surface area contributed by atoms with Crippen molar-refractivity contribution in [2.45, 2.75) is 0 Å². The van der Waals surface area contributed by atoms with Crippen LogP contribution in [0.4, 0.5) is 0 Å². The maximum absolute atomic E-state index is 12.3. The lowest BCUT2D eigenvalue weighted by atomic mass is 10.0. The van der Waals surface area contributed by atoms with Crippen LogP contribution in [0.3, 0.4) is 0 Å². The van der Waals surface area contributed by atoms with E-state index in [2.05, 4.69) is 9.97 Å². The number of hydrogen-bond acceptors (Lipinski definition) is 3. The SMILES string of the molecule is COc1ccc2[nH]c(=O)c3c(=O)[nH]c4ccccc4c3c2c1. The Labute approximate surface area is 124 Å². The van der Waals surface area contributed by atoms with Gasteiger partial charge in [-0.15, -0.1) is 0 Å². The molecule has 4 aromatic rings. The van der Waals surface area contributed by atoms with Crippen LogP contribution in [0.25, 0.3) is 32.6 Å². The Hall–Kier alpha value is -3.08. The molecule has 2 aromatic carbocycles. The minimum Gasteiger partial charge on any atom is -0.497 e. The van der Waals surface area contributed by atoms with Crippen molar-refractivity contribution in [1.29, 1.82) is 0 Å². The van der Waals surface area contributed by atoms with Gasteiger partial charge in [-0.05, 0) is 24.3 Å². The number of ether oxygens (including phenoxy) is 1. The van der Waals surface area contributed by atoms with E-state index in [4.69, 9.17) is 4.74 Å². The van der Waals surface area contributed by atoms with Crippen molar-refractivity contribution in [2.75, 3.05) is 7.11 Å². The summed E-state index contributed by atoms with van der Waals surface area (Å²) in [5.41, 5.74) is 0.600. The van der Waals surface area contributed by atoms with Gasteiger partial charge in [0.2, 0.25) is 0 Å². The Bertz CT molecular complexity index is 1140. The van der Waals surface area contributed by atoms with Gasteiger partial charge in [-0.2, -0.15) is 0 Å². The van der Waals surface area contributed by atoms with E-state index in [1.54, 1.807) is 19.2 Å². The highest BCUT2D eigenvalue weighted by Crippen LogP contribution is 2.28. The number of aromatic amines is 2. The Morgan fingerprint density at radius 3 is 2.23 bits per heavy atom. The second-order valence-electron chi connectivity index (χ2n) is 5.12. The molecule has 5 nitrogen and oxygen atoms in total. The molecule has 0 fully saturated rings. The van der Waals surface area contributed by atoms with Gasteiger partial charge in [-0.1, -0.05) is 18.2 Å². The van der Waals surface area contributed by atoms with Crippen molar-refractivity contribution in [3.8, 4) is 5.75 Å². The maximum Gasteiger partial charge on any atom is 0.261 e. The molecule has 2 N–H and O–H groups in total. The van der Waals surface area contributed by atoms with Crippen molar-refractivity contribution in [3.63, 3.8) is 0 Å². The molecular formula is C17H12N2O3. The first-order valence-corrected chi connectivity index (χ1v) is 6.84. The van der Waals surface area contributed by atoms with Crippen molar-refractivity contribution in [2.24, 2.45) is 0 Å². The Balaban J connectivity index is 2.42. The molecule has 2 heterocycles. The monoisotopic (exact) mass is 292 g/mol. The molecule has 108 valence electrons. The molecule has 0 saturated carbocycles. The van der Waals surface area contributed by atoms with E-state index in [9.17, 15) is 9.59 Å². The summed E-state index contributed by atoms with van der Waals surface area (Å²) in [5.74, 6) is 0.671. The number of benzene rings is 2. The lowest BCUT2D eigenvalue weighted by Crippen LogP contribution is -2.18. The molecule has 0 aliphatic carbocycles. The predicted molar refractivity (Wildman–Crippen MR) is 86.8 cm³/mol. The highest BCUT2D eigenvalue weighted by atomic mass is 16.5. The smallest absolute Gasteiger partial charge is 0.261 e. The van der Waals surface area contributed by atoms with Gasteiger partial charge in [-0.25, -0.2) is 0 Å². The lowest BCUT2D eigenvalue weighted by molar-refractivity contribution is 0.415. The number of methoxy groups -OCH3 is 1. The molecule has 22 heavy (non-hydrogen) atoms. The second-order valence-corrected chi connectivity index (χ2v) is 5.12. The van der Waals surface area contributed by atoms with E-state index in [0.29, 0.717) is 22.2 Å². The Kier molecular flexibility index (Phi) is 2.56. The zero-order chi connectivity index (χ0) is 15.3. The number of para-hydroxylation sites is 1. The zero-order valence-corrected chi connectivity index (χ0v) is 11.8. The van der Waals surface area contributed by atoms with Gasteiger partial charge in [0.05, 0.1) is 7.11 Å². The fraction of sp³-hybridized carbons (Fsp3) is 0.0588. The number of rotatable bonds is 1. The van der Waals surface area contributed by atoms with Gasteiger partial charge < -0.3 is 14.7 Å². The van der Waals surface area contributed by atoms with Crippen LogP contribution in [-0.4, -0.2) is 17.1 Å². The third-order valence-corrected chi connectivity index (χ3v) is 3.89. The molecule has 0 bridgehead atoms. The normalized spacial score (nSPS) is 11.3. The predicted octanol–water partition coefficient (Wildman–Crippen LogP) is 2.53. The first-order valence-electron chi connectivity index (χ1n) is 6.84. The van der Waals surface area contributed by atoms with E-state index in [-0.39, 0.29) is 16.5 Å². The van der Waals surface area contributed by atoms with E-state index < -0.39 is 0 Å². The molecule has 0 spiro atoms. The number of aromatic nitrogens is 2. The summed E-state index contributed by atoms with van der Waals surface area (Å²) < 4.78 is 5.27. The van der Waals surface area contributed by atoms with Crippen molar-refractivity contribution < 1.29 is 4.74 Å². The summed E-state index contributed by atoms with van der Waals surface area (Å²) in [5, 5.41) is 2.41. The van der Waals surface area contributed by atoms with Crippen LogP contribution >= 0.6 is 0 Å². The van der Waals surface area contributed by atoms with E-state index in [1.807, 2.05) is 30.3 Å². The molecule has 0 saturated heterocycles. The number of H-pyrrole nitrogens is 2. The summed E-state index contributed by atoms with van der Waals surface area (Å²) >= 11 is 0. The molecule has 0 atom stereocenters. The highest BCUT2D eigenvalue weighted by molar-refractivity contribution is 6.18.